The van der Waals surface area contributed by atoms with E-state index in [2.05, 4.69) is 25.4 Å². The molecule has 1 fully saturated rings. The molecule has 2 aliphatic heterocycles. The minimum absolute atomic E-state index is 0.160. The Hall–Kier alpha value is -1.43. The zero-order valence-corrected chi connectivity index (χ0v) is 10.5. The van der Waals surface area contributed by atoms with Crippen molar-refractivity contribution >= 4 is 5.91 Å². The molecule has 1 aromatic rings. The lowest BCUT2D eigenvalue weighted by Crippen LogP contribution is -2.45. The van der Waals surface area contributed by atoms with Crippen LogP contribution in [-0.4, -0.2) is 33.3 Å². The third-order valence-corrected chi connectivity index (χ3v) is 3.75. The Kier molecular flexibility index (Phi) is 3.27. The normalized spacial score (nSPS) is 23.6. The van der Waals surface area contributed by atoms with E-state index >= 15 is 0 Å². The fraction of sp³-hybridized carbons (Fsp3) is 0.750. The zero-order valence-electron chi connectivity index (χ0n) is 10.5. The molecule has 1 unspecified atom stereocenters. The molecule has 0 radical (unpaired) electrons. The van der Waals surface area contributed by atoms with Crippen molar-refractivity contribution in [1.82, 2.24) is 25.4 Å². The maximum Gasteiger partial charge on any atom is 0.220 e. The highest BCUT2D eigenvalue weighted by molar-refractivity contribution is 5.76. The second-order valence-electron chi connectivity index (χ2n) is 5.06. The molecule has 1 amide bonds. The Balaban J connectivity index is 1.57. The van der Waals surface area contributed by atoms with Crippen LogP contribution in [0.5, 0.6) is 0 Å². The molecule has 98 valence electrons. The molecule has 18 heavy (non-hydrogen) atoms. The number of aryl methyl sites for hydroxylation is 1. The molecule has 0 bridgehead atoms. The van der Waals surface area contributed by atoms with E-state index in [0.717, 1.165) is 44.1 Å². The molecule has 0 aromatic carbocycles. The average Bonchev–Trinajstić information content (AvgIpc) is 2.82. The van der Waals surface area contributed by atoms with E-state index < -0.39 is 0 Å². The van der Waals surface area contributed by atoms with E-state index in [1.165, 1.54) is 12.8 Å². The van der Waals surface area contributed by atoms with Crippen molar-refractivity contribution < 1.29 is 4.79 Å². The number of piperidine rings is 1. The van der Waals surface area contributed by atoms with Gasteiger partial charge in [-0.15, -0.1) is 10.2 Å². The molecule has 1 aromatic heterocycles. The maximum absolute atomic E-state index is 11.1. The molecule has 2 N–H and O–H groups in total. The molecule has 1 saturated heterocycles. The van der Waals surface area contributed by atoms with Crippen LogP contribution in [0.2, 0.25) is 0 Å². The predicted octanol–water partition coefficient (Wildman–Crippen LogP) is -0.0174. The summed E-state index contributed by atoms with van der Waals surface area (Å²) in [4.78, 5) is 11.1. The van der Waals surface area contributed by atoms with Crippen LogP contribution in [0.1, 0.15) is 37.3 Å². The van der Waals surface area contributed by atoms with Gasteiger partial charge in [0.2, 0.25) is 5.91 Å². The van der Waals surface area contributed by atoms with E-state index in [-0.39, 0.29) is 5.91 Å². The van der Waals surface area contributed by atoms with Crippen LogP contribution < -0.4 is 10.6 Å². The number of carbonyl (C=O) groups excluding carboxylic acids is 1. The monoisotopic (exact) mass is 249 g/mol. The first-order valence-corrected chi connectivity index (χ1v) is 6.74. The van der Waals surface area contributed by atoms with Crippen LogP contribution in [0.15, 0.2) is 0 Å². The summed E-state index contributed by atoms with van der Waals surface area (Å²) in [5.74, 6) is 2.31. The number of amides is 1. The number of hydrogen-bond donors (Lipinski definition) is 2. The highest BCUT2D eigenvalue weighted by atomic mass is 16.1. The van der Waals surface area contributed by atoms with Crippen LogP contribution in [0.25, 0.3) is 0 Å². The summed E-state index contributed by atoms with van der Waals surface area (Å²) >= 11 is 0. The van der Waals surface area contributed by atoms with Gasteiger partial charge in [0.1, 0.15) is 11.6 Å². The number of rotatable bonds is 3. The molecule has 2 aliphatic rings. The van der Waals surface area contributed by atoms with Gasteiger partial charge in [-0.2, -0.15) is 0 Å². The van der Waals surface area contributed by atoms with E-state index in [9.17, 15) is 4.79 Å². The molecule has 3 rings (SSSR count). The van der Waals surface area contributed by atoms with Gasteiger partial charge in [0.25, 0.3) is 0 Å². The molecular formula is C12H19N5O. The number of hydrogen-bond acceptors (Lipinski definition) is 4. The minimum Gasteiger partial charge on any atom is -0.355 e. The Bertz CT molecular complexity index is 432. The van der Waals surface area contributed by atoms with Gasteiger partial charge in [-0.05, 0) is 19.3 Å². The predicted molar refractivity (Wildman–Crippen MR) is 65.8 cm³/mol. The van der Waals surface area contributed by atoms with Gasteiger partial charge in [0, 0.05) is 32.0 Å². The van der Waals surface area contributed by atoms with Crippen LogP contribution in [0.3, 0.4) is 0 Å². The lowest BCUT2D eigenvalue weighted by molar-refractivity contribution is -0.122. The highest BCUT2D eigenvalue weighted by Crippen LogP contribution is 2.14. The van der Waals surface area contributed by atoms with Crippen LogP contribution in [0.4, 0.5) is 0 Å². The summed E-state index contributed by atoms with van der Waals surface area (Å²) in [7, 11) is 0. The molecule has 1 atom stereocenters. The summed E-state index contributed by atoms with van der Waals surface area (Å²) in [5.41, 5.74) is 0. The fourth-order valence-corrected chi connectivity index (χ4v) is 2.64. The molecule has 0 spiro atoms. The topological polar surface area (TPSA) is 71.8 Å². The lowest BCUT2D eigenvalue weighted by atomic mass is 10.1. The smallest absolute Gasteiger partial charge is 0.220 e. The van der Waals surface area contributed by atoms with Gasteiger partial charge >= 0.3 is 0 Å². The molecule has 0 aliphatic carbocycles. The van der Waals surface area contributed by atoms with Gasteiger partial charge in [0.05, 0.1) is 6.54 Å². The maximum atomic E-state index is 11.1. The molecular weight excluding hydrogens is 230 g/mol. The van der Waals surface area contributed by atoms with E-state index in [1.54, 1.807) is 0 Å². The Morgan fingerprint density at radius 2 is 2.28 bits per heavy atom. The summed E-state index contributed by atoms with van der Waals surface area (Å²) in [6.07, 6.45) is 5.02. The number of nitrogens with one attached hydrogen (secondary N) is 2. The molecule has 0 saturated carbocycles. The fourth-order valence-electron chi connectivity index (χ4n) is 2.64. The summed E-state index contributed by atoms with van der Waals surface area (Å²) in [6, 6.07) is 0.360. The van der Waals surface area contributed by atoms with Crippen molar-refractivity contribution in [1.29, 1.82) is 0 Å². The first kappa shape index (κ1) is 11.6. The second-order valence-corrected chi connectivity index (χ2v) is 5.06. The number of nitrogens with zero attached hydrogens (tertiary/aromatic N) is 3. The Morgan fingerprint density at radius 3 is 3.11 bits per heavy atom. The minimum atomic E-state index is 0.160. The largest absolute Gasteiger partial charge is 0.355 e. The number of carbonyl (C=O) groups is 1. The van der Waals surface area contributed by atoms with E-state index in [1.807, 2.05) is 0 Å². The standard InChI is InChI=1S/C12H19N5O/c18-12-5-4-9(7-14-12)13-8-11-16-15-10-3-1-2-6-17(10)11/h9,13H,1-8H2,(H,14,18). The summed E-state index contributed by atoms with van der Waals surface area (Å²) in [6.45, 7) is 2.51. The molecule has 3 heterocycles. The van der Waals surface area contributed by atoms with Crippen molar-refractivity contribution in [3.8, 4) is 0 Å². The van der Waals surface area contributed by atoms with E-state index in [4.69, 9.17) is 0 Å². The van der Waals surface area contributed by atoms with Crippen molar-refractivity contribution in [2.24, 2.45) is 0 Å². The quantitative estimate of drug-likeness (QED) is 0.790. The van der Waals surface area contributed by atoms with Gasteiger partial charge in [-0.1, -0.05) is 0 Å². The number of fused-ring (bicyclic) bond motifs is 1. The third kappa shape index (κ3) is 2.38. The van der Waals surface area contributed by atoms with Crippen LogP contribution in [0, 0.1) is 0 Å². The van der Waals surface area contributed by atoms with Crippen LogP contribution >= 0.6 is 0 Å². The third-order valence-electron chi connectivity index (χ3n) is 3.75. The molecule has 6 nitrogen and oxygen atoms in total. The van der Waals surface area contributed by atoms with Crippen LogP contribution in [-0.2, 0) is 24.3 Å². The highest BCUT2D eigenvalue weighted by Gasteiger charge is 2.19. The van der Waals surface area contributed by atoms with E-state index in [0.29, 0.717) is 12.5 Å². The average molecular weight is 249 g/mol. The molecule has 6 heteroatoms. The second kappa shape index (κ2) is 5.06. The Morgan fingerprint density at radius 1 is 1.33 bits per heavy atom. The van der Waals surface area contributed by atoms with Crippen molar-refractivity contribution in [3.05, 3.63) is 11.6 Å². The van der Waals surface area contributed by atoms with Gasteiger partial charge in [-0.25, -0.2) is 0 Å². The Labute approximate surface area is 106 Å². The zero-order chi connectivity index (χ0) is 12.4. The van der Waals surface area contributed by atoms with Gasteiger partial charge < -0.3 is 15.2 Å². The SMILES string of the molecule is O=C1CCC(NCc2nnc3n2CCCC3)CN1. The van der Waals surface area contributed by atoms with Crippen molar-refractivity contribution in [2.75, 3.05) is 6.54 Å². The first-order valence-electron chi connectivity index (χ1n) is 6.74. The number of aromatic nitrogens is 3. The van der Waals surface area contributed by atoms with Crippen molar-refractivity contribution in [3.63, 3.8) is 0 Å². The summed E-state index contributed by atoms with van der Waals surface area (Å²) < 4.78 is 2.23. The van der Waals surface area contributed by atoms with Crippen molar-refractivity contribution in [2.45, 2.75) is 51.2 Å². The van der Waals surface area contributed by atoms with Gasteiger partial charge in [0.15, 0.2) is 0 Å². The van der Waals surface area contributed by atoms with Gasteiger partial charge in [-0.3, -0.25) is 4.79 Å². The first-order chi connectivity index (χ1) is 8.83. The lowest BCUT2D eigenvalue weighted by Gasteiger charge is -2.23. The summed E-state index contributed by atoms with van der Waals surface area (Å²) in [5, 5.41) is 14.8.